The molecule has 0 spiro atoms. The average molecular weight is 333 g/mol. The van der Waals surface area contributed by atoms with Gasteiger partial charge in [-0.1, -0.05) is 12.1 Å². The number of halogens is 1. The monoisotopic (exact) mass is 333 g/mol. The molecule has 4 aromatic rings. The fourth-order valence-corrected chi connectivity index (χ4v) is 2.73. The maximum atomic E-state index is 13.5. The molecule has 2 heterocycles. The predicted molar refractivity (Wildman–Crippen MR) is 95.3 cm³/mol. The summed E-state index contributed by atoms with van der Waals surface area (Å²) in [5.74, 6) is 0.359. The largest absolute Gasteiger partial charge is 0.369 e. The normalized spacial score (nSPS) is 10.9. The second-order valence-electron chi connectivity index (χ2n) is 5.68. The zero-order valence-electron chi connectivity index (χ0n) is 13.4. The topological polar surface area (TPSA) is 55.6 Å². The first kappa shape index (κ1) is 15.3. The molecule has 0 unspecified atom stereocenters. The van der Waals surface area contributed by atoms with E-state index in [1.807, 2.05) is 29.1 Å². The molecule has 0 atom stereocenters. The summed E-state index contributed by atoms with van der Waals surface area (Å²) in [5.41, 5.74) is 2.95. The molecule has 0 aliphatic heterocycles. The Morgan fingerprint density at radius 1 is 1.04 bits per heavy atom. The Bertz CT molecular complexity index is 981. The number of aromatic nitrogens is 4. The first-order valence-corrected chi connectivity index (χ1v) is 8.03. The second kappa shape index (κ2) is 6.68. The number of anilines is 1. The number of hydrogen-bond acceptors (Lipinski definition) is 4. The van der Waals surface area contributed by atoms with Gasteiger partial charge in [-0.05, 0) is 48.4 Å². The molecular formula is C19H16FN5. The van der Waals surface area contributed by atoms with E-state index in [1.165, 1.54) is 24.0 Å². The summed E-state index contributed by atoms with van der Waals surface area (Å²) in [5, 5.41) is 8.17. The minimum atomic E-state index is -0.292. The van der Waals surface area contributed by atoms with Crippen molar-refractivity contribution in [2.75, 3.05) is 11.9 Å². The van der Waals surface area contributed by atoms with Gasteiger partial charge in [-0.25, -0.2) is 19.0 Å². The van der Waals surface area contributed by atoms with E-state index >= 15 is 0 Å². The van der Waals surface area contributed by atoms with Crippen LogP contribution in [-0.4, -0.2) is 26.3 Å². The Morgan fingerprint density at radius 2 is 1.92 bits per heavy atom. The molecule has 0 saturated heterocycles. The summed E-state index contributed by atoms with van der Waals surface area (Å²) >= 11 is 0. The molecule has 5 nitrogen and oxygen atoms in total. The van der Waals surface area contributed by atoms with Gasteiger partial charge in [0.05, 0.1) is 11.2 Å². The fraction of sp³-hybridized carbons (Fsp3) is 0.105. The van der Waals surface area contributed by atoms with Gasteiger partial charge in [0.15, 0.2) is 0 Å². The lowest BCUT2D eigenvalue weighted by atomic mass is 10.1. The highest BCUT2D eigenvalue weighted by molar-refractivity contribution is 5.88. The summed E-state index contributed by atoms with van der Waals surface area (Å²) in [6.07, 6.45) is 5.99. The standard InChI is InChI=1S/C19H16FN5/c20-15-4-7-18-17(12-15)19(23-13-22-18)21-10-8-14-2-5-16(6-3-14)25-11-1-9-24-25/h1-7,9,11-13H,8,10H2,(H,21,22,23). The van der Waals surface area contributed by atoms with E-state index in [4.69, 9.17) is 0 Å². The van der Waals surface area contributed by atoms with E-state index in [0.717, 1.165) is 17.6 Å². The molecule has 0 radical (unpaired) electrons. The Labute approximate surface area is 144 Å². The Kier molecular flexibility index (Phi) is 4.08. The van der Waals surface area contributed by atoms with Crippen LogP contribution in [0.1, 0.15) is 5.56 Å². The molecule has 0 amide bonds. The molecule has 4 rings (SSSR count). The van der Waals surface area contributed by atoms with Gasteiger partial charge in [0.25, 0.3) is 0 Å². The van der Waals surface area contributed by atoms with Crippen molar-refractivity contribution in [2.24, 2.45) is 0 Å². The Hall–Kier alpha value is -3.28. The lowest BCUT2D eigenvalue weighted by Crippen LogP contribution is -2.07. The summed E-state index contributed by atoms with van der Waals surface area (Å²) in [6.45, 7) is 0.698. The van der Waals surface area contributed by atoms with Gasteiger partial charge >= 0.3 is 0 Å². The van der Waals surface area contributed by atoms with Gasteiger partial charge in [0.1, 0.15) is 18.0 Å². The van der Waals surface area contributed by atoms with Crippen LogP contribution in [0.15, 0.2) is 67.3 Å². The quantitative estimate of drug-likeness (QED) is 0.606. The molecule has 0 saturated carbocycles. The highest BCUT2D eigenvalue weighted by Gasteiger charge is 2.05. The molecule has 0 aliphatic rings. The van der Waals surface area contributed by atoms with Crippen LogP contribution in [0.2, 0.25) is 0 Å². The van der Waals surface area contributed by atoms with Crippen molar-refractivity contribution < 1.29 is 4.39 Å². The minimum absolute atomic E-state index is 0.292. The number of hydrogen-bond donors (Lipinski definition) is 1. The van der Waals surface area contributed by atoms with E-state index in [0.29, 0.717) is 17.7 Å². The third kappa shape index (κ3) is 3.33. The molecule has 25 heavy (non-hydrogen) atoms. The van der Waals surface area contributed by atoms with Crippen molar-refractivity contribution in [3.8, 4) is 5.69 Å². The van der Waals surface area contributed by atoms with E-state index in [9.17, 15) is 4.39 Å². The molecule has 2 aromatic heterocycles. The van der Waals surface area contributed by atoms with Crippen molar-refractivity contribution >= 4 is 16.7 Å². The van der Waals surface area contributed by atoms with Gasteiger partial charge in [0, 0.05) is 24.3 Å². The first-order valence-electron chi connectivity index (χ1n) is 8.03. The van der Waals surface area contributed by atoms with Crippen LogP contribution in [0.3, 0.4) is 0 Å². The third-order valence-electron chi connectivity index (χ3n) is 4.01. The summed E-state index contributed by atoms with van der Waals surface area (Å²) in [4.78, 5) is 8.38. The number of nitrogens with zero attached hydrogens (tertiary/aromatic N) is 4. The summed E-state index contributed by atoms with van der Waals surface area (Å²) < 4.78 is 15.3. The highest BCUT2D eigenvalue weighted by Crippen LogP contribution is 2.20. The fourth-order valence-electron chi connectivity index (χ4n) is 2.73. The van der Waals surface area contributed by atoms with E-state index in [-0.39, 0.29) is 5.82 Å². The lowest BCUT2D eigenvalue weighted by molar-refractivity contribution is 0.629. The minimum Gasteiger partial charge on any atom is -0.369 e. The van der Waals surface area contributed by atoms with Crippen LogP contribution < -0.4 is 5.32 Å². The lowest BCUT2D eigenvalue weighted by Gasteiger charge is -2.09. The van der Waals surface area contributed by atoms with Crippen LogP contribution in [0, 0.1) is 5.82 Å². The predicted octanol–water partition coefficient (Wildman–Crippen LogP) is 3.61. The zero-order valence-corrected chi connectivity index (χ0v) is 13.4. The summed E-state index contributed by atoms with van der Waals surface area (Å²) in [6, 6.07) is 14.7. The van der Waals surface area contributed by atoms with Crippen molar-refractivity contribution in [1.82, 2.24) is 19.7 Å². The Balaban J connectivity index is 1.43. The van der Waals surface area contributed by atoms with Gasteiger partial charge in [0.2, 0.25) is 0 Å². The maximum Gasteiger partial charge on any atom is 0.137 e. The number of nitrogens with one attached hydrogen (secondary N) is 1. The second-order valence-corrected chi connectivity index (χ2v) is 5.68. The van der Waals surface area contributed by atoms with E-state index < -0.39 is 0 Å². The molecule has 124 valence electrons. The van der Waals surface area contributed by atoms with Gasteiger partial charge in [-0.15, -0.1) is 0 Å². The van der Waals surface area contributed by atoms with Gasteiger partial charge in [-0.2, -0.15) is 5.10 Å². The first-order chi connectivity index (χ1) is 12.3. The van der Waals surface area contributed by atoms with Crippen molar-refractivity contribution in [3.63, 3.8) is 0 Å². The van der Waals surface area contributed by atoms with Gasteiger partial charge in [-0.3, -0.25) is 0 Å². The zero-order chi connectivity index (χ0) is 17.1. The molecule has 0 fully saturated rings. The van der Waals surface area contributed by atoms with Crippen LogP contribution >= 0.6 is 0 Å². The average Bonchev–Trinajstić information content (AvgIpc) is 3.17. The van der Waals surface area contributed by atoms with Crippen molar-refractivity contribution in [1.29, 1.82) is 0 Å². The molecule has 1 N–H and O–H groups in total. The van der Waals surface area contributed by atoms with Gasteiger partial charge < -0.3 is 5.32 Å². The highest BCUT2D eigenvalue weighted by atomic mass is 19.1. The number of fused-ring (bicyclic) bond motifs is 1. The van der Waals surface area contributed by atoms with Crippen LogP contribution in [0.5, 0.6) is 0 Å². The molecule has 0 aliphatic carbocycles. The van der Waals surface area contributed by atoms with E-state index in [2.05, 4.69) is 32.5 Å². The molecule has 0 bridgehead atoms. The van der Waals surface area contributed by atoms with Crippen LogP contribution in [0.4, 0.5) is 10.2 Å². The molecule has 6 heteroatoms. The van der Waals surface area contributed by atoms with E-state index in [1.54, 1.807) is 12.3 Å². The smallest absolute Gasteiger partial charge is 0.137 e. The van der Waals surface area contributed by atoms with Crippen molar-refractivity contribution in [3.05, 3.63) is 78.6 Å². The Morgan fingerprint density at radius 3 is 2.72 bits per heavy atom. The number of benzene rings is 2. The SMILES string of the molecule is Fc1ccc2ncnc(NCCc3ccc(-n4cccn4)cc3)c2c1. The number of rotatable bonds is 5. The van der Waals surface area contributed by atoms with Crippen molar-refractivity contribution in [2.45, 2.75) is 6.42 Å². The van der Waals surface area contributed by atoms with Crippen LogP contribution in [0.25, 0.3) is 16.6 Å². The summed E-state index contributed by atoms with van der Waals surface area (Å²) in [7, 11) is 0. The molecular weight excluding hydrogens is 317 g/mol. The maximum absolute atomic E-state index is 13.5. The molecule has 2 aromatic carbocycles. The van der Waals surface area contributed by atoms with Crippen LogP contribution in [-0.2, 0) is 6.42 Å². The third-order valence-corrected chi connectivity index (χ3v) is 4.01.